The number of benzene rings is 1. The Kier molecular flexibility index (Phi) is 5.16. The molecule has 142 valence electrons. The van der Waals surface area contributed by atoms with Crippen LogP contribution in [0.1, 0.15) is 28.7 Å². The number of hydrogen-bond acceptors (Lipinski definition) is 10. The average Bonchev–Trinajstić information content (AvgIpc) is 3.21. The van der Waals surface area contributed by atoms with E-state index >= 15 is 0 Å². The summed E-state index contributed by atoms with van der Waals surface area (Å²) in [6, 6.07) is 8.65. The lowest BCUT2D eigenvalue weighted by Crippen LogP contribution is -2.16. The van der Waals surface area contributed by atoms with E-state index in [2.05, 4.69) is 25.3 Å². The smallest absolute Gasteiger partial charge is 0.360 e. The van der Waals surface area contributed by atoms with Gasteiger partial charge >= 0.3 is 5.97 Å². The molecular formula is C15H16N6O5S. The Morgan fingerprint density at radius 3 is 2.59 bits per heavy atom. The van der Waals surface area contributed by atoms with Gasteiger partial charge in [0.05, 0.1) is 23.8 Å². The van der Waals surface area contributed by atoms with Crippen LogP contribution in [0.2, 0.25) is 0 Å². The summed E-state index contributed by atoms with van der Waals surface area (Å²) in [4.78, 5) is 12.2. The quantitative estimate of drug-likeness (QED) is 0.562. The van der Waals surface area contributed by atoms with E-state index in [0.717, 1.165) is 4.68 Å². The minimum Gasteiger partial charge on any atom is -0.461 e. The van der Waals surface area contributed by atoms with Gasteiger partial charge in [0.2, 0.25) is 11.6 Å². The highest BCUT2D eigenvalue weighted by Gasteiger charge is 2.28. The molecule has 27 heavy (non-hydrogen) atoms. The number of nitrogens with zero attached hydrogens (tertiary/aromatic N) is 5. The van der Waals surface area contributed by atoms with Gasteiger partial charge < -0.3 is 10.5 Å². The summed E-state index contributed by atoms with van der Waals surface area (Å²) in [6.07, 6.45) is 0. The zero-order valence-electron chi connectivity index (χ0n) is 14.3. The maximum atomic E-state index is 12.7. The van der Waals surface area contributed by atoms with Gasteiger partial charge in [0.1, 0.15) is 0 Å². The van der Waals surface area contributed by atoms with Crippen molar-refractivity contribution in [1.29, 1.82) is 0 Å². The first kappa shape index (κ1) is 18.5. The van der Waals surface area contributed by atoms with E-state index in [0.29, 0.717) is 5.56 Å². The average molecular weight is 392 g/mol. The lowest BCUT2D eigenvalue weighted by Gasteiger charge is -2.07. The van der Waals surface area contributed by atoms with Gasteiger partial charge in [-0.3, -0.25) is 0 Å². The minimum atomic E-state index is -3.68. The third-order valence-corrected chi connectivity index (χ3v) is 5.00. The molecule has 3 rings (SSSR count). The molecular weight excluding hydrogens is 376 g/mol. The van der Waals surface area contributed by atoms with Gasteiger partial charge in [-0.25, -0.2) is 17.8 Å². The fraction of sp³-hybridized carbons (Fsp3) is 0.267. The third kappa shape index (κ3) is 4.11. The topological polar surface area (TPSA) is 156 Å². The van der Waals surface area contributed by atoms with Gasteiger partial charge in [-0.1, -0.05) is 35.5 Å². The van der Waals surface area contributed by atoms with E-state index in [-0.39, 0.29) is 35.4 Å². The predicted octanol–water partition coefficient (Wildman–Crippen LogP) is 0.524. The number of sulfone groups is 1. The van der Waals surface area contributed by atoms with E-state index in [1.54, 1.807) is 37.3 Å². The van der Waals surface area contributed by atoms with Gasteiger partial charge in [-0.15, -0.1) is 5.10 Å². The summed E-state index contributed by atoms with van der Waals surface area (Å²) in [5, 5.41) is 14.5. The number of nitrogens with two attached hydrogens (primary N) is 1. The summed E-state index contributed by atoms with van der Waals surface area (Å²) in [7, 11) is -3.68. The molecule has 11 nitrogen and oxygen atoms in total. The van der Waals surface area contributed by atoms with E-state index < -0.39 is 21.6 Å². The van der Waals surface area contributed by atoms with Crippen LogP contribution in [0.25, 0.3) is 5.82 Å². The van der Waals surface area contributed by atoms with Crippen molar-refractivity contribution < 1.29 is 22.6 Å². The molecule has 0 radical (unpaired) electrons. The van der Waals surface area contributed by atoms with Crippen LogP contribution >= 0.6 is 0 Å². The molecule has 0 saturated heterocycles. The summed E-state index contributed by atoms with van der Waals surface area (Å²) in [5.41, 5.74) is 5.98. The van der Waals surface area contributed by atoms with Crippen LogP contribution in [0.15, 0.2) is 35.0 Å². The molecule has 0 unspecified atom stereocenters. The molecule has 0 saturated carbocycles. The summed E-state index contributed by atoms with van der Waals surface area (Å²) < 4.78 is 35.8. The number of esters is 1. The molecule has 2 N–H and O–H groups in total. The molecule has 2 aromatic heterocycles. The Labute approximate surface area is 154 Å². The molecule has 2 heterocycles. The van der Waals surface area contributed by atoms with Crippen LogP contribution < -0.4 is 5.73 Å². The number of carbonyl (C=O) groups is 1. The van der Waals surface area contributed by atoms with Crippen molar-refractivity contribution in [2.45, 2.75) is 18.4 Å². The largest absolute Gasteiger partial charge is 0.461 e. The van der Waals surface area contributed by atoms with Crippen molar-refractivity contribution >= 4 is 21.6 Å². The van der Waals surface area contributed by atoms with Crippen LogP contribution in [0.3, 0.4) is 0 Å². The molecule has 0 bridgehead atoms. The highest BCUT2D eigenvalue weighted by Crippen LogP contribution is 2.20. The first-order chi connectivity index (χ1) is 12.9. The van der Waals surface area contributed by atoms with Crippen molar-refractivity contribution in [3.8, 4) is 5.82 Å². The van der Waals surface area contributed by atoms with Crippen LogP contribution in [0.5, 0.6) is 0 Å². The lowest BCUT2D eigenvalue weighted by molar-refractivity contribution is 0.0518. The SMILES string of the molecule is CCOC(=O)c1nnn(-c2nonc2N)c1CS(=O)(=O)Cc1ccccc1. The van der Waals surface area contributed by atoms with Gasteiger partial charge in [0.15, 0.2) is 15.5 Å². The highest BCUT2D eigenvalue weighted by molar-refractivity contribution is 7.89. The Morgan fingerprint density at radius 2 is 1.96 bits per heavy atom. The standard InChI is InChI=1S/C15H16N6O5S/c1-2-25-15(22)12-11(21(20-17-12)14-13(16)18-26-19-14)9-27(23,24)8-10-6-4-3-5-7-10/h3-7H,2,8-9H2,1H3,(H2,16,18). The Morgan fingerprint density at radius 1 is 1.22 bits per heavy atom. The summed E-state index contributed by atoms with van der Waals surface area (Å²) >= 11 is 0. The first-order valence-corrected chi connectivity index (χ1v) is 9.68. The van der Waals surface area contributed by atoms with E-state index in [4.69, 9.17) is 10.5 Å². The Hall–Kier alpha value is -3.28. The van der Waals surface area contributed by atoms with Crippen molar-refractivity contribution in [2.24, 2.45) is 0 Å². The first-order valence-electron chi connectivity index (χ1n) is 7.85. The molecule has 3 aromatic rings. The number of hydrogen-bond donors (Lipinski definition) is 1. The molecule has 0 aliphatic heterocycles. The second-order valence-electron chi connectivity index (χ2n) is 5.51. The maximum absolute atomic E-state index is 12.7. The van der Waals surface area contributed by atoms with Crippen molar-refractivity contribution in [2.75, 3.05) is 12.3 Å². The Bertz CT molecular complexity index is 1040. The van der Waals surface area contributed by atoms with Crippen molar-refractivity contribution in [3.63, 3.8) is 0 Å². The molecule has 12 heteroatoms. The molecule has 1 aromatic carbocycles. The predicted molar refractivity (Wildman–Crippen MR) is 92.4 cm³/mol. The zero-order valence-corrected chi connectivity index (χ0v) is 15.1. The van der Waals surface area contributed by atoms with Crippen molar-refractivity contribution in [1.82, 2.24) is 25.3 Å². The molecule has 0 aliphatic rings. The number of aromatic nitrogens is 5. The molecule has 0 atom stereocenters. The summed E-state index contributed by atoms with van der Waals surface area (Å²) in [6.45, 7) is 1.71. The zero-order chi connectivity index (χ0) is 19.4. The molecule has 0 spiro atoms. The summed E-state index contributed by atoms with van der Waals surface area (Å²) in [5.74, 6) is -1.76. The van der Waals surface area contributed by atoms with Gasteiger partial charge in [0.25, 0.3) is 0 Å². The fourth-order valence-corrected chi connectivity index (χ4v) is 3.86. The van der Waals surface area contributed by atoms with E-state index in [9.17, 15) is 13.2 Å². The fourth-order valence-electron chi connectivity index (χ4n) is 2.38. The number of carbonyl (C=O) groups excluding carboxylic acids is 1. The minimum absolute atomic E-state index is 0.0354. The van der Waals surface area contributed by atoms with E-state index in [1.807, 2.05) is 0 Å². The second kappa shape index (κ2) is 7.53. The number of anilines is 1. The number of nitrogen functional groups attached to an aromatic ring is 1. The monoisotopic (exact) mass is 392 g/mol. The van der Waals surface area contributed by atoms with Gasteiger partial charge in [0, 0.05) is 0 Å². The number of ether oxygens (including phenoxy) is 1. The van der Waals surface area contributed by atoms with Crippen LogP contribution in [0, 0.1) is 0 Å². The molecule has 0 fully saturated rings. The molecule has 0 amide bonds. The van der Waals surface area contributed by atoms with Gasteiger partial charge in [-0.05, 0) is 22.8 Å². The van der Waals surface area contributed by atoms with Crippen LogP contribution in [-0.4, -0.2) is 46.3 Å². The van der Waals surface area contributed by atoms with Crippen molar-refractivity contribution in [3.05, 3.63) is 47.3 Å². The lowest BCUT2D eigenvalue weighted by atomic mass is 10.2. The third-order valence-electron chi connectivity index (χ3n) is 3.51. The van der Waals surface area contributed by atoms with Crippen LogP contribution in [-0.2, 0) is 26.1 Å². The Balaban J connectivity index is 2.00. The maximum Gasteiger partial charge on any atom is 0.360 e. The van der Waals surface area contributed by atoms with Crippen LogP contribution in [0.4, 0.5) is 5.82 Å². The van der Waals surface area contributed by atoms with Gasteiger partial charge in [-0.2, -0.15) is 4.68 Å². The molecule has 0 aliphatic carbocycles. The highest BCUT2D eigenvalue weighted by atomic mass is 32.2. The second-order valence-corrected chi connectivity index (χ2v) is 7.57. The van der Waals surface area contributed by atoms with E-state index in [1.165, 1.54) is 0 Å². The normalized spacial score (nSPS) is 11.4. The number of rotatable bonds is 7.